The minimum absolute atomic E-state index is 0.417. The van der Waals surface area contributed by atoms with Crippen LogP contribution in [0.15, 0.2) is 41.0 Å². The molecule has 1 aromatic carbocycles. The Bertz CT molecular complexity index is 576. The van der Waals surface area contributed by atoms with Gasteiger partial charge in [-0.05, 0) is 48.9 Å². The van der Waals surface area contributed by atoms with Crippen LogP contribution >= 0.6 is 15.9 Å². The van der Waals surface area contributed by atoms with Crippen molar-refractivity contribution >= 4 is 15.9 Å². The normalized spacial score (nSPS) is 10.3. The van der Waals surface area contributed by atoms with Gasteiger partial charge in [-0.25, -0.2) is 4.98 Å². The number of hydrogen-bond acceptors (Lipinski definition) is 4. The van der Waals surface area contributed by atoms with Crippen LogP contribution < -0.4 is 15.2 Å². The lowest BCUT2D eigenvalue weighted by atomic mass is 10.1. The van der Waals surface area contributed by atoms with Gasteiger partial charge >= 0.3 is 0 Å². The molecule has 0 atom stereocenters. The molecule has 0 fully saturated rings. The lowest BCUT2D eigenvalue weighted by Crippen LogP contribution is -2.04. The maximum absolute atomic E-state index is 5.79. The van der Waals surface area contributed by atoms with E-state index in [0.717, 1.165) is 27.8 Å². The van der Waals surface area contributed by atoms with Crippen LogP contribution in [0, 0.1) is 0 Å². The highest BCUT2D eigenvalue weighted by Crippen LogP contribution is 2.24. The van der Waals surface area contributed by atoms with E-state index in [1.807, 2.05) is 30.3 Å². The van der Waals surface area contributed by atoms with Gasteiger partial charge in [0.2, 0.25) is 5.88 Å². The third kappa shape index (κ3) is 3.71. The molecule has 2 rings (SSSR count). The van der Waals surface area contributed by atoms with Crippen molar-refractivity contribution in [3.05, 3.63) is 52.1 Å². The summed E-state index contributed by atoms with van der Waals surface area (Å²) < 4.78 is 12.0. The molecule has 2 aromatic rings. The van der Waals surface area contributed by atoms with Crippen LogP contribution in [0.5, 0.6) is 11.6 Å². The van der Waals surface area contributed by atoms with Gasteiger partial charge < -0.3 is 15.2 Å². The summed E-state index contributed by atoms with van der Waals surface area (Å²) in [5, 5.41) is 0. The van der Waals surface area contributed by atoms with Crippen LogP contribution in [-0.4, -0.2) is 18.6 Å². The minimum Gasteiger partial charge on any atom is -0.489 e. The molecule has 0 unspecified atom stereocenters. The summed E-state index contributed by atoms with van der Waals surface area (Å²) in [6.07, 6.45) is 2.51. The van der Waals surface area contributed by atoms with E-state index in [1.54, 1.807) is 13.3 Å². The highest BCUT2D eigenvalue weighted by molar-refractivity contribution is 9.10. The number of pyridine rings is 1. The molecule has 4 nitrogen and oxygen atoms in total. The minimum atomic E-state index is 0.417. The van der Waals surface area contributed by atoms with Crippen molar-refractivity contribution in [3.8, 4) is 11.6 Å². The predicted octanol–water partition coefficient (Wildman–Crippen LogP) is 2.93. The molecular formula is C15H17BrN2O2. The Kier molecular flexibility index (Phi) is 5.38. The summed E-state index contributed by atoms with van der Waals surface area (Å²) in [6.45, 7) is 1.03. The molecule has 0 aliphatic heterocycles. The van der Waals surface area contributed by atoms with Gasteiger partial charge in [-0.15, -0.1) is 0 Å². The second-order valence-electron chi connectivity index (χ2n) is 4.25. The van der Waals surface area contributed by atoms with Gasteiger partial charge in [-0.3, -0.25) is 0 Å². The highest BCUT2D eigenvalue weighted by atomic mass is 79.9. The van der Waals surface area contributed by atoms with E-state index < -0.39 is 0 Å². The van der Waals surface area contributed by atoms with Crippen LogP contribution in [0.4, 0.5) is 0 Å². The van der Waals surface area contributed by atoms with Gasteiger partial charge in [0.1, 0.15) is 12.4 Å². The number of ether oxygens (including phenoxy) is 2. The molecule has 0 radical (unpaired) electrons. The average molecular weight is 337 g/mol. The van der Waals surface area contributed by atoms with Gasteiger partial charge in [0.25, 0.3) is 0 Å². The van der Waals surface area contributed by atoms with Crippen LogP contribution in [0.1, 0.15) is 11.1 Å². The van der Waals surface area contributed by atoms with Gasteiger partial charge in [0.05, 0.1) is 12.7 Å². The topological polar surface area (TPSA) is 57.4 Å². The monoisotopic (exact) mass is 336 g/mol. The van der Waals surface area contributed by atoms with Crippen molar-refractivity contribution in [2.45, 2.75) is 13.0 Å². The van der Waals surface area contributed by atoms with Crippen molar-refractivity contribution in [2.75, 3.05) is 13.7 Å². The molecule has 0 bridgehead atoms. The number of aromatic nitrogens is 1. The van der Waals surface area contributed by atoms with Crippen LogP contribution in [0.3, 0.4) is 0 Å². The quantitative estimate of drug-likeness (QED) is 0.881. The van der Waals surface area contributed by atoms with E-state index >= 15 is 0 Å². The zero-order chi connectivity index (χ0) is 14.4. The fourth-order valence-corrected chi connectivity index (χ4v) is 2.31. The fraction of sp³-hybridized carbons (Fsp3) is 0.267. The molecule has 20 heavy (non-hydrogen) atoms. The molecule has 1 heterocycles. The summed E-state index contributed by atoms with van der Waals surface area (Å²) in [4.78, 5) is 4.14. The molecule has 0 amide bonds. The molecule has 0 saturated carbocycles. The predicted molar refractivity (Wildman–Crippen MR) is 82.0 cm³/mol. The standard InChI is InChI=1S/C15H17BrN2O2/c1-19-15-12(3-2-8-18-15)10-20-13-4-5-14(16)11(9-13)6-7-17/h2-5,8-9H,6-7,10,17H2,1H3. The number of hydrogen-bond donors (Lipinski definition) is 1. The van der Waals surface area contributed by atoms with Gasteiger partial charge in [-0.1, -0.05) is 15.9 Å². The van der Waals surface area contributed by atoms with E-state index in [1.165, 1.54) is 0 Å². The Morgan fingerprint density at radius 3 is 2.85 bits per heavy atom. The number of nitrogens with zero attached hydrogens (tertiary/aromatic N) is 1. The van der Waals surface area contributed by atoms with Gasteiger partial charge in [-0.2, -0.15) is 0 Å². The Balaban J connectivity index is 2.09. The van der Waals surface area contributed by atoms with Crippen molar-refractivity contribution in [2.24, 2.45) is 5.73 Å². The molecular weight excluding hydrogens is 320 g/mol. The van der Waals surface area contributed by atoms with Crippen molar-refractivity contribution < 1.29 is 9.47 Å². The third-order valence-electron chi connectivity index (χ3n) is 2.87. The third-order valence-corrected chi connectivity index (χ3v) is 3.64. The van der Waals surface area contributed by atoms with Crippen LogP contribution in [0.25, 0.3) is 0 Å². The lowest BCUT2D eigenvalue weighted by molar-refractivity contribution is 0.293. The summed E-state index contributed by atoms with van der Waals surface area (Å²) in [6, 6.07) is 9.70. The highest BCUT2D eigenvalue weighted by Gasteiger charge is 2.06. The molecule has 1 aromatic heterocycles. The zero-order valence-corrected chi connectivity index (χ0v) is 12.9. The second kappa shape index (κ2) is 7.26. The number of benzene rings is 1. The molecule has 106 valence electrons. The van der Waals surface area contributed by atoms with E-state index in [0.29, 0.717) is 19.0 Å². The Hall–Kier alpha value is -1.59. The Labute approximate surface area is 127 Å². The Morgan fingerprint density at radius 2 is 2.10 bits per heavy atom. The number of halogens is 1. The molecule has 0 aliphatic carbocycles. The fourth-order valence-electron chi connectivity index (χ4n) is 1.87. The summed E-state index contributed by atoms with van der Waals surface area (Å²) in [7, 11) is 1.60. The maximum Gasteiger partial charge on any atom is 0.219 e. The molecule has 0 aliphatic rings. The first kappa shape index (κ1) is 14.8. The summed E-state index contributed by atoms with van der Waals surface area (Å²) in [5.74, 6) is 1.40. The average Bonchev–Trinajstić information content (AvgIpc) is 2.48. The van der Waals surface area contributed by atoms with Crippen LogP contribution in [0.2, 0.25) is 0 Å². The van der Waals surface area contributed by atoms with E-state index in [-0.39, 0.29) is 0 Å². The number of rotatable bonds is 6. The first-order chi connectivity index (χ1) is 9.74. The molecule has 0 saturated heterocycles. The molecule has 0 spiro atoms. The number of methoxy groups -OCH3 is 1. The van der Waals surface area contributed by atoms with Gasteiger partial charge in [0, 0.05) is 10.7 Å². The van der Waals surface area contributed by atoms with E-state index in [4.69, 9.17) is 15.2 Å². The van der Waals surface area contributed by atoms with Crippen molar-refractivity contribution in [3.63, 3.8) is 0 Å². The smallest absolute Gasteiger partial charge is 0.219 e. The van der Waals surface area contributed by atoms with E-state index in [9.17, 15) is 0 Å². The maximum atomic E-state index is 5.79. The van der Waals surface area contributed by atoms with Crippen molar-refractivity contribution in [1.29, 1.82) is 0 Å². The van der Waals surface area contributed by atoms with E-state index in [2.05, 4.69) is 20.9 Å². The lowest BCUT2D eigenvalue weighted by Gasteiger charge is -2.11. The largest absolute Gasteiger partial charge is 0.489 e. The first-order valence-corrected chi connectivity index (χ1v) is 7.13. The summed E-state index contributed by atoms with van der Waals surface area (Å²) >= 11 is 3.51. The van der Waals surface area contributed by atoms with Crippen molar-refractivity contribution in [1.82, 2.24) is 4.98 Å². The molecule has 5 heteroatoms. The summed E-state index contributed by atoms with van der Waals surface area (Å²) in [5.41, 5.74) is 7.65. The molecule has 2 N–H and O–H groups in total. The van der Waals surface area contributed by atoms with Gasteiger partial charge in [0.15, 0.2) is 0 Å². The number of nitrogens with two attached hydrogens (primary N) is 1. The van der Waals surface area contributed by atoms with Crippen LogP contribution in [-0.2, 0) is 13.0 Å². The Morgan fingerprint density at radius 1 is 1.25 bits per heavy atom. The second-order valence-corrected chi connectivity index (χ2v) is 5.11. The first-order valence-electron chi connectivity index (χ1n) is 6.33. The SMILES string of the molecule is COc1ncccc1COc1ccc(Br)c(CCN)c1. The zero-order valence-electron chi connectivity index (χ0n) is 11.3.